The number of pyridine rings is 1. The molecule has 2 aromatic heterocycles. The Labute approximate surface area is 221 Å². The Morgan fingerprint density at radius 1 is 0.730 bits per heavy atom. The van der Waals surface area contributed by atoms with Crippen molar-refractivity contribution in [3.8, 4) is 10.6 Å². The molecule has 3 aromatic carbocycles. The van der Waals surface area contributed by atoms with Gasteiger partial charge in [-0.2, -0.15) is 0 Å². The lowest BCUT2D eigenvalue weighted by Crippen LogP contribution is -2.11. The van der Waals surface area contributed by atoms with Gasteiger partial charge in [0.25, 0.3) is 10.0 Å². The van der Waals surface area contributed by atoms with Crippen LogP contribution in [0.4, 0.5) is 5.69 Å². The number of nitrogens with one attached hydrogen (secondary N) is 1. The minimum atomic E-state index is -3.70. The third-order valence-corrected chi connectivity index (χ3v) is 9.50. The van der Waals surface area contributed by atoms with Crippen LogP contribution in [0.2, 0.25) is 0 Å². The van der Waals surface area contributed by atoms with Crippen molar-refractivity contribution in [1.82, 2.24) is 4.98 Å². The van der Waals surface area contributed by atoms with Gasteiger partial charge in [0.05, 0.1) is 10.6 Å². The van der Waals surface area contributed by atoms with E-state index < -0.39 is 10.0 Å². The van der Waals surface area contributed by atoms with Gasteiger partial charge in [-0.1, -0.05) is 66.7 Å². The van der Waals surface area contributed by atoms with Crippen LogP contribution in [0.1, 0.15) is 27.8 Å². The fourth-order valence-electron chi connectivity index (χ4n) is 4.70. The van der Waals surface area contributed by atoms with Gasteiger partial charge in [-0.05, 0) is 88.7 Å². The number of hydrogen-bond donors (Lipinski definition) is 1. The quantitative estimate of drug-likeness (QED) is 0.265. The highest BCUT2D eigenvalue weighted by Crippen LogP contribution is 2.35. The summed E-state index contributed by atoms with van der Waals surface area (Å²) in [4.78, 5) is 5.12. The maximum absolute atomic E-state index is 13.0. The molecule has 37 heavy (non-hydrogen) atoms. The van der Waals surface area contributed by atoms with Crippen LogP contribution >= 0.6 is 11.3 Å². The molecule has 1 N–H and O–H groups in total. The highest BCUT2D eigenvalue weighted by Gasteiger charge is 2.19. The molecule has 0 spiro atoms. The fourth-order valence-corrected chi connectivity index (χ4v) is 7.04. The summed E-state index contributed by atoms with van der Waals surface area (Å²) < 4.78 is 29.0. The summed E-state index contributed by atoms with van der Waals surface area (Å²) in [5.74, 6) is 0. The van der Waals surface area contributed by atoms with Gasteiger partial charge < -0.3 is 0 Å². The molecule has 0 radical (unpaired) electrons. The van der Waals surface area contributed by atoms with Crippen LogP contribution in [-0.2, 0) is 22.9 Å². The topological polar surface area (TPSA) is 59.1 Å². The molecular formula is C31H24N2O2S2. The zero-order valence-electron chi connectivity index (χ0n) is 20.0. The molecular weight excluding hydrogens is 496 g/mol. The van der Waals surface area contributed by atoms with E-state index in [9.17, 15) is 8.42 Å². The molecule has 0 saturated carbocycles. The van der Waals surface area contributed by atoms with E-state index in [2.05, 4.69) is 64.3 Å². The van der Waals surface area contributed by atoms with E-state index >= 15 is 0 Å². The fraction of sp³-hybridized carbons (Fsp3) is 0.0645. The van der Waals surface area contributed by atoms with E-state index in [0.29, 0.717) is 5.69 Å². The minimum absolute atomic E-state index is 0.256. The van der Waals surface area contributed by atoms with Gasteiger partial charge in [-0.3, -0.25) is 9.71 Å². The van der Waals surface area contributed by atoms with Gasteiger partial charge in [-0.15, -0.1) is 11.3 Å². The average Bonchev–Trinajstić information content (AvgIpc) is 3.39. The molecule has 0 aliphatic heterocycles. The number of benzene rings is 3. The van der Waals surface area contributed by atoms with E-state index in [4.69, 9.17) is 0 Å². The summed E-state index contributed by atoms with van der Waals surface area (Å²) in [6, 6.07) is 33.7. The maximum Gasteiger partial charge on any atom is 0.271 e. The molecule has 1 aliphatic rings. The summed E-state index contributed by atoms with van der Waals surface area (Å²) in [5, 5.41) is 0. The summed E-state index contributed by atoms with van der Waals surface area (Å²) in [5.41, 5.74) is 8.67. The molecule has 182 valence electrons. The molecule has 0 bridgehead atoms. The average molecular weight is 521 g/mol. The first kappa shape index (κ1) is 23.4. The third-order valence-electron chi connectivity index (χ3n) is 6.52. The molecule has 6 rings (SSSR count). The smallest absolute Gasteiger partial charge is 0.271 e. The Bertz CT molecular complexity index is 1650. The first-order chi connectivity index (χ1) is 18.1. The lowest BCUT2D eigenvalue weighted by Gasteiger charge is -2.12. The van der Waals surface area contributed by atoms with Crippen LogP contribution in [0, 0.1) is 0 Å². The van der Waals surface area contributed by atoms with Crippen LogP contribution in [0.15, 0.2) is 114 Å². The Hall–Kier alpha value is -4.00. The van der Waals surface area contributed by atoms with Crippen LogP contribution < -0.4 is 4.72 Å². The molecule has 2 heterocycles. The number of hydrogen-bond acceptors (Lipinski definition) is 4. The van der Waals surface area contributed by atoms with E-state index in [0.717, 1.165) is 29.0 Å². The number of rotatable bonds is 5. The molecule has 0 amide bonds. The van der Waals surface area contributed by atoms with Gasteiger partial charge in [-0.25, -0.2) is 8.42 Å². The van der Waals surface area contributed by atoms with Gasteiger partial charge in [0, 0.05) is 11.9 Å². The Morgan fingerprint density at radius 2 is 1.38 bits per heavy atom. The second kappa shape index (κ2) is 9.81. The van der Waals surface area contributed by atoms with Crippen molar-refractivity contribution in [2.75, 3.05) is 4.72 Å². The minimum Gasteiger partial charge on any atom is -0.279 e. The zero-order valence-corrected chi connectivity index (χ0v) is 21.6. The molecule has 6 heteroatoms. The van der Waals surface area contributed by atoms with Gasteiger partial charge in [0.1, 0.15) is 4.21 Å². The summed E-state index contributed by atoms with van der Waals surface area (Å²) in [6.45, 7) is 0. The molecule has 0 unspecified atom stereocenters. The molecule has 0 atom stereocenters. The predicted octanol–water partition coefficient (Wildman–Crippen LogP) is 7.30. The van der Waals surface area contributed by atoms with Crippen LogP contribution in [0.5, 0.6) is 0 Å². The van der Waals surface area contributed by atoms with Crippen molar-refractivity contribution in [2.45, 2.75) is 17.1 Å². The first-order valence-corrected chi connectivity index (χ1v) is 14.4. The summed E-state index contributed by atoms with van der Waals surface area (Å²) >= 11 is 1.21. The van der Waals surface area contributed by atoms with Gasteiger partial charge in [0.2, 0.25) is 0 Å². The number of aryl methyl sites for hydroxylation is 2. The van der Waals surface area contributed by atoms with E-state index in [1.54, 1.807) is 18.3 Å². The SMILES string of the molecule is O=S(=O)(Nc1ccc(C=C2c3ccccc3CCc3ccccc32)cc1)c1ccc(-c2ccccn2)s1. The molecule has 0 saturated heterocycles. The maximum atomic E-state index is 13.0. The second-order valence-electron chi connectivity index (χ2n) is 8.93. The van der Waals surface area contributed by atoms with Crippen molar-refractivity contribution < 1.29 is 8.42 Å². The van der Waals surface area contributed by atoms with Crippen molar-refractivity contribution >= 4 is 38.7 Å². The number of sulfonamides is 1. The Kier molecular flexibility index (Phi) is 6.20. The van der Waals surface area contributed by atoms with Crippen molar-refractivity contribution in [3.05, 3.63) is 137 Å². The van der Waals surface area contributed by atoms with Crippen LogP contribution in [0.25, 0.3) is 22.2 Å². The van der Waals surface area contributed by atoms with E-state index in [1.165, 1.54) is 39.2 Å². The van der Waals surface area contributed by atoms with E-state index in [-0.39, 0.29) is 4.21 Å². The van der Waals surface area contributed by atoms with Crippen molar-refractivity contribution in [1.29, 1.82) is 0 Å². The molecule has 1 aliphatic carbocycles. The number of anilines is 1. The second-order valence-corrected chi connectivity index (χ2v) is 11.9. The van der Waals surface area contributed by atoms with Crippen molar-refractivity contribution in [3.63, 3.8) is 0 Å². The standard InChI is InChI=1S/C31H24N2O2S2/c34-37(35,31-19-18-30(36-31)29-11-5-6-20-32-29)33-25-16-12-22(13-17-25)21-28-26-9-3-1-7-23(26)14-15-24-8-2-4-10-27(24)28/h1-13,16-21,33H,14-15H2. The third kappa shape index (κ3) is 4.86. The Balaban J connectivity index is 1.28. The Morgan fingerprint density at radius 3 is 2.03 bits per heavy atom. The highest BCUT2D eigenvalue weighted by molar-refractivity contribution is 7.94. The first-order valence-electron chi connectivity index (χ1n) is 12.1. The van der Waals surface area contributed by atoms with Crippen molar-refractivity contribution in [2.24, 2.45) is 0 Å². The lowest BCUT2D eigenvalue weighted by molar-refractivity contribution is 0.603. The molecule has 4 nitrogen and oxygen atoms in total. The number of thiophene rings is 1. The predicted molar refractivity (Wildman–Crippen MR) is 152 cm³/mol. The van der Waals surface area contributed by atoms with Gasteiger partial charge >= 0.3 is 0 Å². The van der Waals surface area contributed by atoms with E-state index in [1.807, 2.05) is 42.5 Å². The zero-order chi connectivity index (χ0) is 25.2. The number of nitrogens with zero attached hydrogens (tertiary/aromatic N) is 1. The molecule has 0 fully saturated rings. The van der Waals surface area contributed by atoms with Crippen LogP contribution in [0.3, 0.4) is 0 Å². The summed E-state index contributed by atoms with van der Waals surface area (Å²) in [7, 11) is -3.70. The number of aromatic nitrogens is 1. The van der Waals surface area contributed by atoms with Gasteiger partial charge in [0.15, 0.2) is 0 Å². The largest absolute Gasteiger partial charge is 0.279 e. The van der Waals surface area contributed by atoms with Crippen LogP contribution in [-0.4, -0.2) is 13.4 Å². The number of fused-ring (bicyclic) bond motifs is 2. The normalized spacial score (nSPS) is 12.8. The summed E-state index contributed by atoms with van der Waals surface area (Å²) in [6.07, 6.45) is 5.91. The monoisotopic (exact) mass is 520 g/mol. The highest BCUT2D eigenvalue weighted by atomic mass is 32.2. The molecule has 5 aromatic rings. The lowest BCUT2D eigenvalue weighted by atomic mass is 9.92.